The van der Waals surface area contributed by atoms with Crippen molar-refractivity contribution in [1.82, 2.24) is 0 Å². The molecule has 0 aromatic heterocycles. The lowest BCUT2D eigenvalue weighted by atomic mass is 9.97. The van der Waals surface area contributed by atoms with Crippen molar-refractivity contribution >= 4 is 22.7 Å². The van der Waals surface area contributed by atoms with E-state index < -0.39 is 11.4 Å². The molecule has 2 aromatic rings. The Kier molecular flexibility index (Phi) is 3.98. The third-order valence-electron chi connectivity index (χ3n) is 3.09. The zero-order valence-corrected chi connectivity index (χ0v) is 12.3. The third kappa shape index (κ3) is 3.60. The van der Waals surface area contributed by atoms with Gasteiger partial charge in [0.05, 0.1) is 11.8 Å². The number of carboxylic acid groups (broad SMARTS) is 1. The molecule has 2 rings (SSSR count). The molecule has 0 aliphatic rings. The van der Waals surface area contributed by atoms with E-state index in [0.29, 0.717) is 11.3 Å². The Morgan fingerprint density at radius 3 is 2.19 bits per heavy atom. The minimum atomic E-state index is -0.960. The average Bonchev–Trinajstić information content (AvgIpc) is 2.37. The smallest absolute Gasteiger partial charge is 0.316 e. The number of carboxylic acids is 1. The predicted molar refractivity (Wildman–Crippen MR) is 80.4 cm³/mol. The molecule has 0 radical (unpaired) electrons. The highest BCUT2D eigenvalue weighted by molar-refractivity contribution is 5.88. The number of ether oxygens (including phenoxy) is 1. The number of hydrogen-bond donors (Lipinski definition) is 1. The fraction of sp³-hybridized carbons (Fsp3) is 0.294. The first-order valence-electron chi connectivity index (χ1n) is 6.73. The van der Waals surface area contributed by atoms with Gasteiger partial charge in [0.2, 0.25) is 0 Å². The Morgan fingerprint density at radius 1 is 1.10 bits per heavy atom. The molecule has 21 heavy (non-hydrogen) atoms. The largest absolute Gasteiger partial charge is 0.481 e. The molecule has 110 valence electrons. The summed E-state index contributed by atoms with van der Waals surface area (Å²) in [6.45, 7) is 5.27. The molecular weight excluding hydrogens is 268 g/mol. The highest BCUT2D eigenvalue weighted by Gasteiger charge is 2.25. The Hall–Kier alpha value is -2.36. The number of carbonyl (C=O) groups excluding carboxylic acids is 1. The molecule has 1 N–H and O–H groups in total. The lowest BCUT2D eigenvalue weighted by molar-refractivity contribution is -0.143. The molecule has 0 atom stereocenters. The van der Waals surface area contributed by atoms with Crippen molar-refractivity contribution in [2.45, 2.75) is 27.2 Å². The van der Waals surface area contributed by atoms with Crippen LogP contribution in [0, 0.1) is 5.41 Å². The molecule has 0 saturated heterocycles. The van der Waals surface area contributed by atoms with Gasteiger partial charge in [-0.3, -0.25) is 9.59 Å². The molecule has 0 spiro atoms. The molecule has 0 aliphatic heterocycles. The molecule has 0 amide bonds. The second-order valence-electron chi connectivity index (χ2n) is 6.02. The second-order valence-corrected chi connectivity index (χ2v) is 6.02. The number of aliphatic carboxylic acids is 1. The highest BCUT2D eigenvalue weighted by atomic mass is 16.5. The highest BCUT2D eigenvalue weighted by Crippen LogP contribution is 2.28. The van der Waals surface area contributed by atoms with E-state index in [9.17, 15) is 9.59 Å². The van der Waals surface area contributed by atoms with Crippen molar-refractivity contribution < 1.29 is 19.4 Å². The number of esters is 1. The molecule has 0 saturated carbocycles. The molecular formula is C17H18O4. The van der Waals surface area contributed by atoms with Crippen LogP contribution < -0.4 is 4.74 Å². The Labute approximate surface area is 123 Å². The number of carbonyl (C=O) groups is 2. The van der Waals surface area contributed by atoms with Crippen LogP contribution in [-0.2, 0) is 16.0 Å². The van der Waals surface area contributed by atoms with Gasteiger partial charge in [-0.2, -0.15) is 0 Å². The number of hydrogen-bond acceptors (Lipinski definition) is 3. The molecule has 0 unspecified atom stereocenters. The molecule has 4 heteroatoms. The summed E-state index contributed by atoms with van der Waals surface area (Å²) in [5.74, 6) is -1.03. The van der Waals surface area contributed by atoms with E-state index in [2.05, 4.69) is 0 Å². The van der Waals surface area contributed by atoms with E-state index in [0.717, 1.165) is 10.8 Å². The van der Waals surface area contributed by atoms with E-state index in [1.54, 1.807) is 32.9 Å². The lowest BCUT2D eigenvalue weighted by Crippen LogP contribution is -2.26. The number of benzene rings is 2. The first-order valence-corrected chi connectivity index (χ1v) is 6.73. The summed E-state index contributed by atoms with van der Waals surface area (Å²) in [6.07, 6.45) is -0.183. The Morgan fingerprint density at radius 2 is 1.67 bits per heavy atom. The maximum atomic E-state index is 12.0. The van der Waals surface area contributed by atoms with Crippen LogP contribution in [-0.4, -0.2) is 17.0 Å². The maximum Gasteiger partial charge on any atom is 0.316 e. The fourth-order valence-electron chi connectivity index (χ4n) is 1.92. The van der Waals surface area contributed by atoms with Crippen LogP contribution in [0.1, 0.15) is 26.3 Å². The SMILES string of the molecule is CC(C)(C)C(=O)Oc1cc2ccccc2cc1CC(=O)O. The van der Waals surface area contributed by atoms with E-state index in [4.69, 9.17) is 9.84 Å². The first kappa shape index (κ1) is 15.0. The quantitative estimate of drug-likeness (QED) is 0.693. The van der Waals surface area contributed by atoms with Gasteiger partial charge >= 0.3 is 11.9 Å². The van der Waals surface area contributed by atoms with Gasteiger partial charge in [-0.15, -0.1) is 0 Å². The van der Waals surface area contributed by atoms with Crippen molar-refractivity contribution in [3.8, 4) is 5.75 Å². The van der Waals surface area contributed by atoms with E-state index in [1.165, 1.54) is 0 Å². The minimum absolute atomic E-state index is 0.183. The van der Waals surface area contributed by atoms with Crippen molar-refractivity contribution in [3.05, 3.63) is 42.0 Å². The predicted octanol–water partition coefficient (Wildman–Crippen LogP) is 3.42. The molecule has 0 fully saturated rings. The van der Waals surface area contributed by atoms with Crippen molar-refractivity contribution in [2.24, 2.45) is 5.41 Å². The van der Waals surface area contributed by atoms with Crippen LogP contribution in [0.15, 0.2) is 36.4 Å². The van der Waals surface area contributed by atoms with Crippen molar-refractivity contribution in [2.75, 3.05) is 0 Å². The molecule has 2 aromatic carbocycles. The summed E-state index contributed by atoms with van der Waals surface area (Å²) in [4.78, 5) is 23.0. The zero-order valence-electron chi connectivity index (χ0n) is 12.3. The van der Waals surface area contributed by atoms with Crippen LogP contribution in [0.5, 0.6) is 5.75 Å². The Balaban J connectivity index is 2.48. The third-order valence-corrected chi connectivity index (χ3v) is 3.09. The van der Waals surface area contributed by atoms with Gasteiger partial charge in [-0.05, 0) is 43.7 Å². The van der Waals surface area contributed by atoms with Crippen molar-refractivity contribution in [3.63, 3.8) is 0 Å². The summed E-state index contributed by atoms with van der Waals surface area (Å²) < 4.78 is 5.42. The van der Waals surface area contributed by atoms with Gasteiger partial charge in [0, 0.05) is 5.56 Å². The molecule has 0 heterocycles. The van der Waals surface area contributed by atoms with Gasteiger partial charge in [0.25, 0.3) is 0 Å². The summed E-state index contributed by atoms with van der Waals surface area (Å²) in [7, 11) is 0. The van der Waals surface area contributed by atoms with E-state index in [1.807, 2.05) is 24.3 Å². The average molecular weight is 286 g/mol. The maximum absolute atomic E-state index is 12.0. The van der Waals surface area contributed by atoms with Crippen LogP contribution >= 0.6 is 0 Å². The normalized spacial score (nSPS) is 11.4. The van der Waals surface area contributed by atoms with E-state index in [-0.39, 0.29) is 12.4 Å². The van der Waals surface area contributed by atoms with Gasteiger partial charge < -0.3 is 9.84 Å². The van der Waals surface area contributed by atoms with Gasteiger partial charge in [-0.25, -0.2) is 0 Å². The number of rotatable bonds is 3. The van der Waals surface area contributed by atoms with Gasteiger partial charge in [0.15, 0.2) is 0 Å². The molecule has 0 bridgehead atoms. The van der Waals surface area contributed by atoms with Gasteiger partial charge in [-0.1, -0.05) is 24.3 Å². The summed E-state index contributed by atoms with van der Waals surface area (Å²) in [5, 5.41) is 10.8. The van der Waals surface area contributed by atoms with Gasteiger partial charge in [0.1, 0.15) is 5.75 Å². The van der Waals surface area contributed by atoms with Crippen LogP contribution in [0.25, 0.3) is 10.8 Å². The number of fused-ring (bicyclic) bond motifs is 1. The topological polar surface area (TPSA) is 63.6 Å². The fourth-order valence-corrected chi connectivity index (χ4v) is 1.92. The van der Waals surface area contributed by atoms with E-state index >= 15 is 0 Å². The minimum Gasteiger partial charge on any atom is -0.481 e. The summed E-state index contributed by atoms with van der Waals surface area (Å²) in [5.41, 5.74) is -0.148. The second kappa shape index (κ2) is 5.56. The molecule has 4 nitrogen and oxygen atoms in total. The summed E-state index contributed by atoms with van der Waals surface area (Å²) in [6, 6.07) is 11.0. The monoisotopic (exact) mass is 286 g/mol. The first-order chi connectivity index (χ1) is 9.77. The molecule has 0 aliphatic carbocycles. The van der Waals surface area contributed by atoms with Crippen LogP contribution in [0.3, 0.4) is 0 Å². The lowest BCUT2D eigenvalue weighted by Gasteiger charge is -2.18. The van der Waals surface area contributed by atoms with Crippen molar-refractivity contribution in [1.29, 1.82) is 0 Å². The van der Waals surface area contributed by atoms with Crippen LogP contribution in [0.4, 0.5) is 0 Å². The zero-order chi connectivity index (χ0) is 15.6. The summed E-state index contributed by atoms with van der Waals surface area (Å²) >= 11 is 0. The standard InChI is InChI=1S/C17H18O4/c1-17(2,3)16(20)21-14-9-12-7-5-4-6-11(12)8-13(14)10-15(18)19/h4-9H,10H2,1-3H3,(H,18,19). The Bertz CT molecular complexity index is 695. The van der Waals surface area contributed by atoms with Crippen LogP contribution in [0.2, 0.25) is 0 Å².